The summed E-state index contributed by atoms with van der Waals surface area (Å²) in [6.07, 6.45) is 4.29. The van der Waals surface area contributed by atoms with Crippen LogP contribution < -0.4 is 20.3 Å². The van der Waals surface area contributed by atoms with Crippen molar-refractivity contribution in [2.45, 2.75) is 97.3 Å². The fourth-order valence-electron chi connectivity index (χ4n) is 5.24. The second-order valence-corrected chi connectivity index (χ2v) is 12.3. The van der Waals surface area contributed by atoms with Crippen LogP contribution in [-0.2, 0) is 15.0 Å². The van der Waals surface area contributed by atoms with Crippen LogP contribution in [0, 0.1) is 6.92 Å². The van der Waals surface area contributed by atoms with Crippen molar-refractivity contribution in [3.63, 3.8) is 0 Å². The Morgan fingerprint density at radius 1 is 0.975 bits per heavy atom. The van der Waals surface area contributed by atoms with Gasteiger partial charge < -0.3 is 24.8 Å². The van der Waals surface area contributed by atoms with Gasteiger partial charge in [0.1, 0.15) is 17.5 Å². The van der Waals surface area contributed by atoms with Crippen molar-refractivity contribution >= 4 is 35.4 Å². The first-order valence-corrected chi connectivity index (χ1v) is 13.5. The van der Waals surface area contributed by atoms with Crippen LogP contribution in [0.2, 0.25) is 0 Å². The Morgan fingerprint density at radius 3 is 2.12 bits per heavy atom. The number of hydrogen-bond acceptors (Lipinski definition) is 9. The summed E-state index contributed by atoms with van der Waals surface area (Å²) in [5.74, 6) is 0.0769. The van der Waals surface area contributed by atoms with Gasteiger partial charge in [-0.05, 0) is 84.6 Å². The number of hydrogen-bond donors (Lipinski definition) is 2. The average Bonchev–Trinajstić information content (AvgIpc) is 3.08. The van der Waals surface area contributed by atoms with E-state index in [0.29, 0.717) is 16.2 Å². The zero-order valence-electron chi connectivity index (χ0n) is 24.6. The molecule has 2 aliphatic rings. The summed E-state index contributed by atoms with van der Waals surface area (Å²) in [6, 6.07) is 3.83. The Hall–Kier alpha value is -3.89. The van der Waals surface area contributed by atoms with Gasteiger partial charge in [-0.1, -0.05) is 19.3 Å². The molecule has 1 saturated carbocycles. The Labute approximate surface area is 235 Å². The van der Waals surface area contributed by atoms with Crippen LogP contribution in [-0.4, -0.2) is 46.4 Å². The van der Waals surface area contributed by atoms with E-state index in [1.165, 1.54) is 13.4 Å². The molecule has 1 aliphatic carbocycles. The van der Waals surface area contributed by atoms with Gasteiger partial charge in [0.15, 0.2) is 11.6 Å². The molecule has 1 fully saturated rings. The van der Waals surface area contributed by atoms with E-state index >= 15 is 0 Å². The quantitative estimate of drug-likeness (QED) is 0.460. The van der Waals surface area contributed by atoms with E-state index in [9.17, 15) is 14.4 Å². The predicted molar refractivity (Wildman–Crippen MR) is 150 cm³/mol. The maximum Gasteiger partial charge on any atom is 0.425 e. The summed E-state index contributed by atoms with van der Waals surface area (Å²) in [7, 11) is 1.39. The van der Waals surface area contributed by atoms with Crippen LogP contribution >= 0.6 is 0 Å². The monoisotopic (exact) mass is 553 g/mol. The zero-order valence-corrected chi connectivity index (χ0v) is 24.6. The number of carbonyl (C=O) groups is 3. The van der Waals surface area contributed by atoms with Gasteiger partial charge in [0.05, 0.1) is 12.6 Å². The van der Waals surface area contributed by atoms with Gasteiger partial charge in [0.25, 0.3) is 5.91 Å². The summed E-state index contributed by atoms with van der Waals surface area (Å²) in [5.41, 5.74) is 1.04. The van der Waals surface area contributed by atoms with Crippen molar-refractivity contribution in [3.05, 3.63) is 35.2 Å². The molecule has 2 N–H and O–H groups in total. The lowest BCUT2D eigenvalue weighted by molar-refractivity contribution is 0.0427. The number of imide groups is 1. The molecule has 0 atom stereocenters. The minimum absolute atomic E-state index is 0.0407. The molecule has 3 amide bonds. The molecule has 2 heterocycles. The van der Waals surface area contributed by atoms with Gasteiger partial charge in [-0.3, -0.25) is 4.79 Å². The molecule has 0 bridgehead atoms. The van der Waals surface area contributed by atoms with Crippen molar-refractivity contribution in [1.29, 1.82) is 0 Å². The number of ether oxygens (including phenoxy) is 3. The van der Waals surface area contributed by atoms with Gasteiger partial charge in [-0.15, -0.1) is 0 Å². The first kappa shape index (κ1) is 29.1. The van der Waals surface area contributed by atoms with Crippen molar-refractivity contribution < 1.29 is 28.6 Å². The third-order valence-corrected chi connectivity index (χ3v) is 6.75. The number of nitrogens with zero attached hydrogens (tertiary/aromatic N) is 3. The molecule has 11 heteroatoms. The lowest BCUT2D eigenvalue weighted by Crippen LogP contribution is -2.44. The lowest BCUT2D eigenvalue weighted by Gasteiger charge is -2.34. The second-order valence-electron chi connectivity index (χ2n) is 12.3. The number of anilines is 3. The SMILES string of the molecule is COc1c(Nc2cc(C)c3c(c2)C2(CCCCC2)NC3=O)ncnc1N(C(=O)OC(C)(C)C)C(=O)OC(C)(C)C. The maximum atomic E-state index is 13.2. The van der Waals surface area contributed by atoms with Gasteiger partial charge >= 0.3 is 12.2 Å². The first-order valence-electron chi connectivity index (χ1n) is 13.5. The summed E-state index contributed by atoms with van der Waals surface area (Å²) in [6.45, 7) is 12.1. The molecular formula is C29H39N5O6. The fourth-order valence-corrected chi connectivity index (χ4v) is 5.24. The van der Waals surface area contributed by atoms with Crippen LogP contribution in [0.5, 0.6) is 5.75 Å². The third kappa shape index (κ3) is 5.97. The highest BCUT2D eigenvalue weighted by Crippen LogP contribution is 2.45. The van der Waals surface area contributed by atoms with Crippen molar-refractivity contribution in [3.8, 4) is 5.75 Å². The summed E-state index contributed by atoms with van der Waals surface area (Å²) >= 11 is 0. The summed E-state index contributed by atoms with van der Waals surface area (Å²) < 4.78 is 16.6. The summed E-state index contributed by atoms with van der Waals surface area (Å²) in [5, 5.41) is 6.50. The predicted octanol–water partition coefficient (Wildman–Crippen LogP) is 6.12. The van der Waals surface area contributed by atoms with E-state index in [-0.39, 0.29) is 28.8 Å². The highest BCUT2D eigenvalue weighted by molar-refractivity contribution is 6.10. The molecule has 0 radical (unpaired) electrons. The molecule has 1 spiro atoms. The van der Waals surface area contributed by atoms with Gasteiger partial charge in [0, 0.05) is 11.3 Å². The zero-order chi connectivity index (χ0) is 29.5. The van der Waals surface area contributed by atoms with E-state index in [2.05, 4.69) is 20.6 Å². The van der Waals surface area contributed by atoms with Gasteiger partial charge in [-0.25, -0.2) is 19.6 Å². The standard InChI is InChI=1S/C29H39N5O6/c1-17-14-18(15-19-20(17)24(35)33-29(19)12-10-9-11-13-29)32-22-21(38-8)23(31-16-30-22)34(25(36)39-27(2,3)4)26(37)40-28(5,6)7/h14-16H,9-13H2,1-8H3,(H,33,35)(H,30,31,32). The highest BCUT2D eigenvalue weighted by Gasteiger charge is 2.44. The molecule has 1 aliphatic heterocycles. The van der Waals surface area contributed by atoms with Crippen LogP contribution in [0.15, 0.2) is 18.5 Å². The second kappa shape index (κ2) is 10.6. The first-order chi connectivity index (χ1) is 18.6. The molecule has 2 aromatic rings. The number of fused-ring (bicyclic) bond motifs is 2. The molecule has 40 heavy (non-hydrogen) atoms. The van der Waals surface area contributed by atoms with Crippen LogP contribution in [0.1, 0.15) is 95.1 Å². The number of amides is 3. The van der Waals surface area contributed by atoms with Gasteiger partial charge in [0.2, 0.25) is 5.75 Å². The number of methoxy groups -OCH3 is 1. The maximum absolute atomic E-state index is 13.2. The number of rotatable bonds is 4. The highest BCUT2D eigenvalue weighted by atomic mass is 16.6. The van der Waals surface area contributed by atoms with Gasteiger partial charge in [-0.2, -0.15) is 4.90 Å². The normalized spacial score (nSPS) is 16.1. The largest absolute Gasteiger partial charge is 0.490 e. The topological polar surface area (TPSA) is 132 Å². The Bertz CT molecular complexity index is 1290. The minimum atomic E-state index is -0.970. The van der Waals surface area contributed by atoms with Crippen molar-refractivity contribution in [2.75, 3.05) is 17.3 Å². The Kier molecular flexibility index (Phi) is 7.70. The summed E-state index contributed by atoms with van der Waals surface area (Å²) in [4.78, 5) is 48.6. The Morgan fingerprint density at radius 2 is 1.57 bits per heavy atom. The van der Waals surface area contributed by atoms with E-state index in [4.69, 9.17) is 14.2 Å². The molecule has 4 rings (SSSR count). The number of carbonyl (C=O) groups excluding carboxylic acids is 3. The van der Waals surface area contributed by atoms with Crippen molar-refractivity contribution in [2.24, 2.45) is 0 Å². The average molecular weight is 554 g/mol. The van der Waals surface area contributed by atoms with E-state index in [0.717, 1.165) is 43.2 Å². The van der Waals surface area contributed by atoms with Crippen LogP contribution in [0.25, 0.3) is 0 Å². The fraction of sp³-hybridized carbons (Fsp3) is 0.552. The number of aryl methyl sites for hydroxylation is 1. The third-order valence-electron chi connectivity index (χ3n) is 6.75. The van der Waals surface area contributed by atoms with Crippen LogP contribution in [0.3, 0.4) is 0 Å². The number of nitrogens with one attached hydrogen (secondary N) is 2. The molecule has 1 aromatic heterocycles. The minimum Gasteiger partial charge on any atom is -0.490 e. The molecular weight excluding hydrogens is 514 g/mol. The van der Waals surface area contributed by atoms with E-state index in [1.54, 1.807) is 41.5 Å². The number of benzene rings is 1. The van der Waals surface area contributed by atoms with Crippen molar-refractivity contribution in [1.82, 2.24) is 15.3 Å². The molecule has 216 valence electrons. The Balaban J connectivity index is 1.75. The molecule has 0 saturated heterocycles. The molecule has 1 aromatic carbocycles. The molecule has 11 nitrogen and oxygen atoms in total. The van der Waals surface area contributed by atoms with E-state index in [1.807, 2.05) is 19.1 Å². The smallest absolute Gasteiger partial charge is 0.425 e. The van der Waals surface area contributed by atoms with Crippen LogP contribution in [0.4, 0.5) is 26.9 Å². The lowest BCUT2D eigenvalue weighted by atomic mass is 9.77. The van der Waals surface area contributed by atoms with E-state index < -0.39 is 23.4 Å². The molecule has 0 unspecified atom stereocenters. The number of aromatic nitrogens is 2.